The molecule has 1 aliphatic heterocycles. The Balaban J connectivity index is 2.00. The standard InChI is InChI=1S/C15H12O2S/c1-15(18-11-7-3-2-4-8-11)13-10-6-5-9-12(13)14(16)17-15/h2-10H,1H3. The van der Waals surface area contributed by atoms with Gasteiger partial charge in [-0.2, -0.15) is 0 Å². The smallest absolute Gasteiger partial charge is 0.340 e. The molecule has 0 aromatic heterocycles. The molecule has 0 saturated carbocycles. The third-order valence-electron chi connectivity index (χ3n) is 2.98. The van der Waals surface area contributed by atoms with Crippen molar-refractivity contribution in [2.24, 2.45) is 0 Å². The van der Waals surface area contributed by atoms with Crippen molar-refractivity contribution in [2.45, 2.75) is 16.8 Å². The SMILES string of the molecule is CC1(Sc2ccccc2)OC(=O)c2ccccc21. The number of fused-ring (bicyclic) bond motifs is 1. The van der Waals surface area contributed by atoms with E-state index < -0.39 is 4.93 Å². The Kier molecular flexibility index (Phi) is 2.63. The van der Waals surface area contributed by atoms with Crippen LogP contribution in [0.5, 0.6) is 0 Å². The molecule has 18 heavy (non-hydrogen) atoms. The van der Waals surface area contributed by atoms with Crippen molar-refractivity contribution < 1.29 is 9.53 Å². The zero-order chi connectivity index (χ0) is 12.6. The molecule has 1 heterocycles. The largest absolute Gasteiger partial charge is 0.440 e. The third-order valence-corrected chi connectivity index (χ3v) is 4.18. The third kappa shape index (κ3) is 1.81. The van der Waals surface area contributed by atoms with Crippen LogP contribution in [0.15, 0.2) is 59.5 Å². The molecular weight excluding hydrogens is 244 g/mol. The normalized spacial score (nSPS) is 21.5. The van der Waals surface area contributed by atoms with E-state index in [1.807, 2.05) is 61.5 Å². The number of carbonyl (C=O) groups is 1. The molecule has 0 spiro atoms. The molecule has 3 heteroatoms. The van der Waals surface area contributed by atoms with E-state index in [-0.39, 0.29) is 5.97 Å². The maximum atomic E-state index is 11.8. The zero-order valence-electron chi connectivity index (χ0n) is 9.92. The molecule has 2 nitrogen and oxygen atoms in total. The summed E-state index contributed by atoms with van der Waals surface area (Å²) in [4.78, 5) is 12.3. The average Bonchev–Trinajstić information content (AvgIpc) is 2.63. The maximum absolute atomic E-state index is 11.8. The van der Waals surface area contributed by atoms with E-state index >= 15 is 0 Å². The van der Waals surface area contributed by atoms with Gasteiger partial charge in [-0.05, 0) is 25.1 Å². The number of rotatable bonds is 2. The van der Waals surface area contributed by atoms with Gasteiger partial charge in [0.1, 0.15) is 0 Å². The first kappa shape index (κ1) is 11.4. The second-order valence-electron chi connectivity index (χ2n) is 4.30. The van der Waals surface area contributed by atoms with Gasteiger partial charge >= 0.3 is 5.97 Å². The van der Waals surface area contributed by atoms with Crippen molar-refractivity contribution in [1.29, 1.82) is 0 Å². The molecule has 0 saturated heterocycles. The molecule has 0 radical (unpaired) electrons. The number of esters is 1. The highest BCUT2D eigenvalue weighted by molar-refractivity contribution is 8.00. The fraction of sp³-hybridized carbons (Fsp3) is 0.133. The van der Waals surface area contributed by atoms with E-state index in [1.165, 1.54) is 0 Å². The summed E-state index contributed by atoms with van der Waals surface area (Å²) in [5.74, 6) is -0.239. The lowest BCUT2D eigenvalue weighted by atomic mass is 10.1. The van der Waals surface area contributed by atoms with Crippen LogP contribution in [0.2, 0.25) is 0 Å². The van der Waals surface area contributed by atoms with Crippen LogP contribution in [0, 0.1) is 0 Å². The first-order valence-electron chi connectivity index (χ1n) is 5.76. The van der Waals surface area contributed by atoms with Crippen LogP contribution < -0.4 is 0 Å². The van der Waals surface area contributed by atoms with E-state index in [0.717, 1.165) is 10.5 Å². The fourth-order valence-corrected chi connectivity index (χ4v) is 3.28. The van der Waals surface area contributed by atoms with Crippen LogP contribution in [-0.2, 0) is 9.67 Å². The molecule has 2 aromatic carbocycles. The fourth-order valence-electron chi connectivity index (χ4n) is 2.13. The van der Waals surface area contributed by atoms with E-state index in [2.05, 4.69) is 0 Å². The minimum Gasteiger partial charge on any atom is -0.440 e. The average molecular weight is 256 g/mol. The van der Waals surface area contributed by atoms with Crippen LogP contribution in [0.4, 0.5) is 0 Å². The highest BCUT2D eigenvalue weighted by Gasteiger charge is 2.42. The lowest BCUT2D eigenvalue weighted by Gasteiger charge is -2.23. The Bertz CT molecular complexity index is 594. The molecule has 1 aliphatic rings. The molecule has 0 amide bonds. The van der Waals surface area contributed by atoms with Gasteiger partial charge in [-0.25, -0.2) is 4.79 Å². The van der Waals surface area contributed by atoms with Gasteiger partial charge in [0.2, 0.25) is 0 Å². The molecule has 1 unspecified atom stereocenters. The summed E-state index contributed by atoms with van der Waals surface area (Å²) in [5, 5.41) is 0. The second kappa shape index (κ2) is 4.18. The van der Waals surface area contributed by atoms with Crippen LogP contribution in [0.3, 0.4) is 0 Å². The van der Waals surface area contributed by atoms with Crippen molar-refractivity contribution in [3.63, 3.8) is 0 Å². The zero-order valence-corrected chi connectivity index (χ0v) is 10.7. The number of benzene rings is 2. The molecule has 2 aromatic rings. The lowest BCUT2D eigenvalue weighted by molar-refractivity contribution is 0.0337. The number of hydrogen-bond donors (Lipinski definition) is 0. The monoisotopic (exact) mass is 256 g/mol. The maximum Gasteiger partial charge on any atom is 0.340 e. The van der Waals surface area contributed by atoms with Crippen molar-refractivity contribution >= 4 is 17.7 Å². The summed E-state index contributed by atoms with van der Waals surface area (Å²) >= 11 is 1.56. The number of carbonyl (C=O) groups excluding carboxylic acids is 1. The van der Waals surface area contributed by atoms with Gasteiger partial charge in [0.15, 0.2) is 4.93 Å². The number of thioether (sulfide) groups is 1. The topological polar surface area (TPSA) is 26.3 Å². The van der Waals surface area contributed by atoms with Crippen LogP contribution in [0.25, 0.3) is 0 Å². The molecule has 1 atom stereocenters. The number of ether oxygens (including phenoxy) is 1. The quantitative estimate of drug-likeness (QED) is 0.764. The summed E-state index contributed by atoms with van der Waals surface area (Å²) in [5.41, 5.74) is 1.62. The van der Waals surface area contributed by atoms with E-state index in [4.69, 9.17) is 4.74 Å². The van der Waals surface area contributed by atoms with Gasteiger partial charge in [0.25, 0.3) is 0 Å². The predicted octanol–water partition coefficient (Wildman–Crippen LogP) is 3.82. The van der Waals surface area contributed by atoms with Crippen molar-refractivity contribution in [1.82, 2.24) is 0 Å². The van der Waals surface area contributed by atoms with Gasteiger partial charge in [0, 0.05) is 10.5 Å². The predicted molar refractivity (Wildman–Crippen MR) is 71.5 cm³/mol. The summed E-state index contributed by atoms with van der Waals surface area (Å²) in [6.45, 7) is 1.94. The Morgan fingerprint density at radius 2 is 1.67 bits per heavy atom. The first-order chi connectivity index (χ1) is 8.69. The molecule has 0 aliphatic carbocycles. The first-order valence-corrected chi connectivity index (χ1v) is 6.58. The van der Waals surface area contributed by atoms with Gasteiger partial charge in [-0.3, -0.25) is 0 Å². The summed E-state index contributed by atoms with van der Waals surface area (Å²) in [7, 11) is 0. The Labute approximate surface area is 110 Å². The van der Waals surface area contributed by atoms with Crippen molar-refractivity contribution in [3.8, 4) is 0 Å². The highest BCUT2D eigenvalue weighted by Crippen LogP contribution is 2.47. The summed E-state index contributed by atoms with van der Waals surface area (Å²) in [6.07, 6.45) is 0. The van der Waals surface area contributed by atoms with Gasteiger partial charge in [-0.15, -0.1) is 0 Å². The van der Waals surface area contributed by atoms with Crippen LogP contribution in [0.1, 0.15) is 22.8 Å². The number of hydrogen-bond acceptors (Lipinski definition) is 3. The van der Waals surface area contributed by atoms with E-state index in [1.54, 1.807) is 11.8 Å². The van der Waals surface area contributed by atoms with E-state index in [0.29, 0.717) is 5.56 Å². The molecule has 0 fully saturated rings. The minimum absolute atomic E-state index is 0.239. The van der Waals surface area contributed by atoms with Crippen molar-refractivity contribution in [3.05, 3.63) is 65.7 Å². The van der Waals surface area contributed by atoms with Crippen LogP contribution >= 0.6 is 11.8 Å². The summed E-state index contributed by atoms with van der Waals surface area (Å²) in [6, 6.07) is 17.5. The Morgan fingerprint density at radius 3 is 2.44 bits per heavy atom. The second-order valence-corrected chi connectivity index (χ2v) is 5.75. The Hall–Kier alpha value is -1.74. The molecular formula is C15H12O2S. The van der Waals surface area contributed by atoms with Gasteiger partial charge < -0.3 is 4.74 Å². The highest BCUT2D eigenvalue weighted by atomic mass is 32.2. The molecule has 90 valence electrons. The molecule has 0 bridgehead atoms. The van der Waals surface area contributed by atoms with E-state index in [9.17, 15) is 4.79 Å². The summed E-state index contributed by atoms with van der Waals surface area (Å²) < 4.78 is 5.55. The molecule has 3 rings (SSSR count). The minimum atomic E-state index is -0.630. The Morgan fingerprint density at radius 1 is 1.00 bits per heavy atom. The number of cyclic esters (lactones) is 1. The van der Waals surface area contributed by atoms with Crippen LogP contribution in [-0.4, -0.2) is 5.97 Å². The molecule has 0 N–H and O–H groups in total. The lowest BCUT2D eigenvalue weighted by Crippen LogP contribution is -2.16. The van der Waals surface area contributed by atoms with Crippen molar-refractivity contribution in [2.75, 3.05) is 0 Å². The van der Waals surface area contributed by atoms with Gasteiger partial charge in [0.05, 0.1) is 5.56 Å². The van der Waals surface area contributed by atoms with Gasteiger partial charge in [-0.1, -0.05) is 48.2 Å².